The Bertz CT molecular complexity index is 760. The minimum absolute atomic E-state index is 0.137. The van der Waals surface area contributed by atoms with E-state index in [1.807, 2.05) is 4.68 Å². The maximum absolute atomic E-state index is 11.0. The zero-order chi connectivity index (χ0) is 17.2. The van der Waals surface area contributed by atoms with Gasteiger partial charge in [0.1, 0.15) is 0 Å². The summed E-state index contributed by atoms with van der Waals surface area (Å²) in [6, 6.07) is 8.70. The van der Waals surface area contributed by atoms with Crippen LogP contribution in [-0.4, -0.2) is 38.8 Å². The molecule has 1 saturated heterocycles. The van der Waals surface area contributed by atoms with Gasteiger partial charge in [-0.3, -0.25) is 9.58 Å². The molecule has 132 valence electrons. The molecule has 1 aliphatic heterocycles. The van der Waals surface area contributed by atoms with Gasteiger partial charge in [0.2, 0.25) is 0 Å². The van der Waals surface area contributed by atoms with E-state index in [1.165, 1.54) is 31.2 Å². The molecular weight excluding hydrogens is 314 g/mol. The van der Waals surface area contributed by atoms with Crippen molar-refractivity contribution in [3.63, 3.8) is 0 Å². The van der Waals surface area contributed by atoms with Gasteiger partial charge in [-0.1, -0.05) is 18.2 Å². The molecule has 0 atom stereocenters. The number of likely N-dealkylation sites (tertiary alicyclic amines) is 1. The Balaban J connectivity index is 1.38. The van der Waals surface area contributed by atoms with E-state index in [4.69, 9.17) is 5.11 Å². The number of aromatic carboxylic acids is 1. The van der Waals surface area contributed by atoms with Gasteiger partial charge in [-0.15, -0.1) is 0 Å². The number of carbonyl (C=O) groups is 1. The minimum Gasteiger partial charge on any atom is -0.476 e. The lowest BCUT2D eigenvalue weighted by atomic mass is 9.88. The molecule has 2 aromatic rings. The number of aromatic nitrogens is 2. The number of aryl methyl sites for hydroxylation is 1. The SMILES string of the molecule is O=C(O)c1ccn(C2CCN(Cc3cccc4c3CCCC4)CC2)n1. The van der Waals surface area contributed by atoms with Crippen molar-refractivity contribution in [1.82, 2.24) is 14.7 Å². The van der Waals surface area contributed by atoms with Crippen LogP contribution in [0.3, 0.4) is 0 Å². The first kappa shape index (κ1) is 16.3. The molecule has 5 heteroatoms. The van der Waals surface area contributed by atoms with Crippen LogP contribution in [0.25, 0.3) is 0 Å². The molecule has 2 aliphatic rings. The number of piperidine rings is 1. The van der Waals surface area contributed by atoms with Gasteiger partial charge in [0, 0.05) is 25.8 Å². The monoisotopic (exact) mass is 339 g/mol. The molecule has 5 nitrogen and oxygen atoms in total. The van der Waals surface area contributed by atoms with Crippen molar-refractivity contribution in [3.8, 4) is 0 Å². The molecule has 25 heavy (non-hydrogen) atoms. The third-order valence-electron chi connectivity index (χ3n) is 5.65. The summed E-state index contributed by atoms with van der Waals surface area (Å²) in [5.74, 6) is -0.954. The normalized spacial score (nSPS) is 18.9. The maximum Gasteiger partial charge on any atom is 0.356 e. The Morgan fingerprint density at radius 3 is 2.72 bits per heavy atom. The van der Waals surface area contributed by atoms with Crippen molar-refractivity contribution in [2.24, 2.45) is 0 Å². The van der Waals surface area contributed by atoms with Crippen molar-refractivity contribution in [3.05, 3.63) is 52.8 Å². The summed E-state index contributed by atoms with van der Waals surface area (Å²) in [5, 5.41) is 13.2. The molecule has 4 rings (SSSR count). The topological polar surface area (TPSA) is 58.4 Å². The Morgan fingerprint density at radius 1 is 1.16 bits per heavy atom. The van der Waals surface area contributed by atoms with Crippen LogP contribution in [0.1, 0.15) is 58.9 Å². The van der Waals surface area contributed by atoms with Crippen molar-refractivity contribution < 1.29 is 9.90 Å². The van der Waals surface area contributed by atoms with Crippen molar-refractivity contribution in [2.45, 2.75) is 51.1 Å². The predicted octanol–water partition coefficient (Wildman–Crippen LogP) is 3.30. The second-order valence-corrected chi connectivity index (χ2v) is 7.26. The summed E-state index contributed by atoms with van der Waals surface area (Å²) in [4.78, 5) is 13.5. The lowest BCUT2D eigenvalue weighted by Crippen LogP contribution is -2.34. The van der Waals surface area contributed by atoms with Crippen molar-refractivity contribution in [2.75, 3.05) is 13.1 Å². The van der Waals surface area contributed by atoms with Crippen LogP contribution >= 0.6 is 0 Å². The van der Waals surface area contributed by atoms with Gasteiger partial charge >= 0.3 is 5.97 Å². The van der Waals surface area contributed by atoms with Gasteiger partial charge in [0.05, 0.1) is 6.04 Å². The summed E-state index contributed by atoms with van der Waals surface area (Å²) < 4.78 is 1.84. The molecule has 2 heterocycles. The van der Waals surface area contributed by atoms with E-state index in [0.717, 1.165) is 32.5 Å². The number of hydrogen-bond donors (Lipinski definition) is 1. The molecule has 1 aromatic heterocycles. The fourth-order valence-electron chi connectivity index (χ4n) is 4.25. The molecule has 0 amide bonds. The van der Waals surface area contributed by atoms with Crippen LogP contribution in [0.5, 0.6) is 0 Å². The van der Waals surface area contributed by atoms with Gasteiger partial charge in [-0.25, -0.2) is 4.79 Å². The van der Waals surface area contributed by atoms with Gasteiger partial charge in [0.15, 0.2) is 5.69 Å². The molecule has 0 spiro atoms. The number of nitrogens with zero attached hydrogens (tertiary/aromatic N) is 3. The largest absolute Gasteiger partial charge is 0.476 e. The van der Waals surface area contributed by atoms with Crippen LogP contribution in [0, 0.1) is 0 Å². The number of fused-ring (bicyclic) bond motifs is 1. The van der Waals surface area contributed by atoms with Crippen LogP contribution < -0.4 is 0 Å². The van der Waals surface area contributed by atoms with E-state index in [1.54, 1.807) is 23.4 Å². The second-order valence-electron chi connectivity index (χ2n) is 7.26. The smallest absolute Gasteiger partial charge is 0.356 e. The number of carboxylic acid groups (broad SMARTS) is 1. The van der Waals surface area contributed by atoms with Crippen molar-refractivity contribution >= 4 is 5.97 Å². The van der Waals surface area contributed by atoms with Crippen molar-refractivity contribution in [1.29, 1.82) is 0 Å². The van der Waals surface area contributed by atoms with E-state index in [0.29, 0.717) is 6.04 Å². The Kier molecular flexibility index (Phi) is 4.57. The highest BCUT2D eigenvalue weighted by Gasteiger charge is 2.23. The van der Waals surface area contributed by atoms with Crippen LogP contribution in [0.4, 0.5) is 0 Å². The summed E-state index contributed by atoms with van der Waals surface area (Å²) in [7, 11) is 0. The molecular formula is C20H25N3O2. The van der Waals surface area contributed by atoms with Gasteiger partial charge < -0.3 is 5.11 Å². The van der Waals surface area contributed by atoms with E-state index >= 15 is 0 Å². The van der Waals surface area contributed by atoms with E-state index in [-0.39, 0.29) is 5.69 Å². The Morgan fingerprint density at radius 2 is 1.96 bits per heavy atom. The van der Waals surface area contributed by atoms with Gasteiger partial charge in [-0.2, -0.15) is 5.10 Å². The first-order valence-electron chi connectivity index (χ1n) is 9.31. The lowest BCUT2D eigenvalue weighted by Gasteiger charge is -2.33. The highest BCUT2D eigenvalue weighted by atomic mass is 16.4. The summed E-state index contributed by atoms with van der Waals surface area (Å²) in [6.07, 6.45) is 8.95. The predicted molar refractivity (Wildman–Crippen MR) is 95.8 cm³/mol. The zero-order valence-corrected chi connectivity index (χ0v) is 14.5. The average Bonchev–Trinajstić information content (AvgIpc) is 3.13. The highest BCUT2D eigenvalue weighted by molar-refractivity contribution is 5.85. The van der Waals surface area contributed by atoms with Crippen LogP contribution in [0.15, 0.2) is 30.5 Å². The first-order valence-corrected chi connectivity index (χ1v) is 9.31. The third-order valence-corrected chi connectivity index (χ3v) is 5.65. The van der Waals surface area contributed by atoms with Gasteiger partial charge in [0.25, 0.3) is 0 Å². The average molecular weight is 339 g/mol. The molecule has 1 N–H and O–H groups in total. The molecule has 1 aromatic carbocycles. The third kappa shape index (κ3) is 3.47. The number of rotatable bonds is 4. The molecule has 0 radical (unpaired) electrons. The Labute approximate surface area is 148 Å². The lowest BCUT2D eigenvalue weighted by molar-refractivity contribution is 0.0688. The molecule has 0 bridgehead atoms. The zero-order valence-electron chi connectivity index (χ0n) is 14.5. The van der Waals surface area contributed by atoms with Gasteiger partial charge in [-0.05, 0) is 61.3 Å². The fourth-order valence-corrected chi connectivity index (χ4v) is 4.25. The highest BCUT2D eigenvalue weighted by Crippen LogP contribution is 2.28. The van der Waals surface area contributed by atoms with Crippen LogP contribution in [-0.2, 0) is 19.4 Å². The summed E-state index contributed by atoms with van der Waals surface area (Å²) >= 11 is 0. The molecule has 1 fully saturated rings. The number of hydrogen-bond acceptors (Lipinski definition) is 3. The quantitative estimate of drug-likeness (QED) is 0.928. The fraction of sp³-hybridized carbons (Fsp3) is 0.500. The Hall–Kier alpha value is -2.14. The standard InChI is InChI=1S/C20H25N3O2/c24-20(25)19-10-13-23(21-19)17-8-11-22(12-9-17)14-16-6-3-5-15-4-1-2-7-18(15)16/h3,5-6,10,13,17H,1-2,4,7-9,11-12,14H2,(H,24,25). The van der Waals surface area contributed by atoms with E-state index in [9.17, 15) is 4.79 Å². The maximum atomic E-state index is 11.0. The molecule has 1 aliphatic carbocycles. The number of benzene rings is 1. The molecule has 0 saturated carbocycles. The second kappa shape index (κ2) is 7.00. The first-order chi connectivity index (χ1) is 12.2. The molecule has 0 unspecified atom stereocenters. The van der Waals surface area contributed by atoms with Crippen LogP contribution in [0.2, 0.25) is 0 Å². The van der Waals surface area contributed by atoms with E-state index < -0.39 is 5.97 Å². The van der Waals surface area contributed by atoms with E-state index in [2.05, 4.69) is 28.2 Å². The number of carboxylic acids is 1. The summed E-state index contributed by atoms with van der Waals surface area (Å²) in [6.45, 7) is 3.11. The summed E-state index contributed by atoms with van der Waals surface area (Å²) in [5.41, 5.74) is 4.78. The minimum atomic E-state index is -0.954.